The third-order valence-electron chi connectivity index (χ3n) is 8.27. The zero-order chi connectivity index (χ0) is 35.1. The number of carbonyl (C=O) groups excluding carboxylic acids is 1. The zero-order valence-corrected chi connectivity index (χ0v) is 29.0. The Kier molecular flexibility index (Phi) is 11.5. The summed E-state index contributed by atoms with van der Waals surface area (Å²) < 4.78 is 48.3. The topological polar surface area (TPSA) is 93.9 Å². The van der Waals surface area contributed by atoms with Gasteiger partial charge < -0.3 is 19.7 Å². The number of nitrogens with one attached hydrogen (secondary N) is 1. The number of benzene rings is 3. The summed E-state index contributed by atoms with van der Waals surface area (Å²) in [7, 11) is 1.66. The minimum Gasteiger partial charge on any atom is -0.497 e. The number of urea groups is 1. The molecule has 1 aliphatic rings. The number of ether oxygens (including phenoxy) is 2. The van der Waals surface area contributed by atoms with E-state index in [2.05, 4.69) is 63.8 Å². The second kappa shape index (κ2) is 15.8. The number of amides is 2. The van der Waals surface area contributed by atoms with Crippen molar-refractivity contribution in [1.82, 2.24) is 20.1 Å². The van der Waals surface area contributed by atoms with Gasteiger partial charge >= 0.3 is 12.4 Å². The molecule has 1 saturated heterocycles. The summed E-state index contributed by atoms with van der Waals surface area (Å²) in [5, 5.41) is 8.16. The van der Waals surface area contributed by atoms with Crippen LogP contribution in [0.3, 0.4) is 0 Å². The number of alkyl halides is 3. The van der Waals surface area contributed by atoms with Gasteiger partial charge in [0.15, 0.2) is 11.0 Å². The fourth-order valence-corrected chi connectivity index (χ4v) is 6.85. The van der Waals surface area contributed by atoms with Crippen molar-refractivity contribution in [3.05, 3.63) is 84.2 Å². The molecule has 1 fully saturated rings. The summed E-state index contributed by atoms with van der Waals surface area (Å²) in [5.41, 5.74) is 4.72. The third kappa shape index (κ3) is 9.56. The average Bonchev–Trinajstić information content (AvgIpc) is 3.55. The molecule has 0 spiro atoms. The Hall–Kier alpha value is -4.52. The second-order valence-corrected chi connectivity index (χ2v) is 13.5. The van der Waals surface area contributed by atoms with E-state index in [0.29, 0.717) is 35.1 Å². The molecular weight excluding hydrogens is 653 g/mol. The number of methoxy groups -OCH3 is 1. The smallest absolute Gasteiger partial charge is 0.497 e. The predicted molar refractivity (Wildman–Crippen MR) is 188 cm³/mol. The number of aliphatic imine (C=N–C) groups is 1. The highest BCUT2D eigenvalue weighted by molar-refractivity contribution is 8.14. The number of anilines is 1. The maximum Gasteiger partial charge on any atom is 0.573 e. The summed E-state index contributed by atoms with van der Waals surface area (Å²) in [5.74, 6) is 2.47. The summed E-state index contributed by atoms with van der Waals surface area (Å²) in [6.07, 6.45) is -0.633. The van der Waals surface area contributed by atoms with Crippen molar-refractivity contribution in [2.75, 3.05) is 24.3 Å². The first-order valence-corrected chi connectivity index (χ1v) is 17.2. The first-order chi connectivity index (χ1) is 23.4. The van der Waals surface area contributed by atoms with Gasteiger partial charge in [-0.05, 0) is 79.5 Å². The maximum absolute atomic E-state index is 13.0. The van der Waals surface area contributed by atoms with Crippen LogP contribution in [0.15, 0.2) is 78.0 Å². The largest absolute Gasteiger partial charge is 0.573 e. The van der Waals surface area contributed by atoms with E-state index in [-0.39, 0.29) is 17.8 Å². The van der Waals surface area contributed by atoms with Crippen molar-refractivity contribution in [3.8, 4) is 28.6 Å². The molecule has 260 valence electrons. The van der Waals surface area contributed by atoms with Crippen molar-refractivity contribution in [1.29, 1.82) is 0 Å². The van der Waals surface area contributed by atoms with E-state index in [1.807, 2.05) is 36.4 Å². The first kappa shape index (κ1) is 35.8. The van der Waals surface area contributed by atoms with E-state index in [4.69, 9.17) is 4.74 Å². The van der Waals surface area contributed by atoms with Gasteiger partial charge in [0.05, 0.1) is 18.5 Å². The van der Waals surface area contributed by atoms with Crippen LogP contribution in [0.5, 0.6) is 11.5 Å². The van der Waals surface area contributed by atoms with E-state index < -0.39 is 6.36 Å². The summed E-state index contributed by atoms with van der Waals surface area (Å²) in [6.45, 7) is 9.14. The molecule has 1 aromatic heterocycles. The molecule has 9 nitrogen and oxygen atoms in total. The highest BCUT2D eigenvalue weighted by Gasteiger charge is 2.31. The molecule has 0 bridgehead atoms. The van der Waals surface area contributed by atoms with Gasteiger partial charge in [0.25, 0.3) is 0 Å². The normalized spacial score (nSPS) is 16.6. The van der Waals surface area contributed by atoms with Crippen LogP contribution in [-0.2, 0) is 6.42 Å². The number of hydrogen-bond donors (Lipinski definition) is 1. The van der Waals surface area contributed by atoms with Crippen LogP contribution in [-0.4, -0.2) is 57.8 Å². The van der Waals surface area contributed by atoms with Crippen molar-refractivity contribution >= 4 is 28.6 Å². The van der Waals surface area contributed by atoms with Gasteiger partial charge in [0.1, 0.15) is 17.8 Å². The number of amidine groups is 1. The summed E-state index contributed by atoms with van der Waals surface area (Å²) in [4.78, 5) is 24.0. The van der Waals surface area contributed by atoms with Crippen molar-refractivity contribution < 1.29 is 27.4 Å². The molecule has 2 atom stereocenters. The second-order valence-electron chi connectivity index (χ2n) is 12.4. The lowest BCUT2D eigenvalue weighted by Crippen LogP contribution is -2.42. The standard InChI is InChI=1S/C36H41F3N6O3S/c1-23(2)31-15-14-30(47-5)21-32(31)45-25(4)17-19-49-35(45)42-34(46)40-18-16-24(3)20-26-6-8-27(9-7-26)33-41-22-44(43-33)28-10-12-29(13-11-28)48-36(37,38)39/h6-15,21-25H,16-20H2,1-5H3,(H,40,46)/b42-35-. The van der Waals surface area contributed by atoms with Gasteiger partial charge in [-0.2, -0.15) is 4.99 Å². The number of nitrogens with zero attached hydrogens (tertiary/aromatic N) is 5. The minimum atomic E-state index is -4.75. The SMILES string of the molecule is COc1ccc(C(C)C)c(N2/C(=N/C(=O)NCCC(C)Cc3ccc(-c4ncn(-c5ccc(OC(F)(F)F)cc5)n4)cc3)SCCC2C)c1. The van der Waals surface area contributed by atoms with Crippen LogP contribution in [0.2, 0.25) is 0 Å². The van der Waals surface area contributed by atoms with Gasteiger partial charge in [-0.1, -0.05) is 62.9 Å². The van der Waals surface area contributed by atoms with Gasteiger partial charge in [-0.3, -0.25) is 0 Å². The molecule has 1 aliphatic heterocycles. The highest BCUT2D eigenvalue weighted by atomic mass is 32.2. The quantitative estimate of drug-likeness (QED) is 0.168. The number of hydrogen-bond acceptors (Lipinski definition) is 6. The van der Waals surface area contributed by atoms with E-state index in [1.165, 1.54) is 40.8 Å². The number of rotatable bonds is 11. The minimum absolute atomic E-state index is 0.192. The molecule has 13 heteroatoms. The van der Waals surface area contributed by atoms with Crippen LogP contribution < -0.4 is 19.7 Å². The lowest BCUT2D eigenvalue weighted by molar-refractivity contribution is -0.274. The molecule has 1 N–H and O–H groups in total. The Morgan fingerprint density at radius 1 is 1.06 bits per heavy atom. The molecule has 3 aromatic carbocycles. The van der Waals surface area contributed by atoms with Gasteiger partial charge in [-0.15, -0.1) is 18.3 Å². The molecule has 0 aliphatic carbocycles. The first-order valence-electron chi connectivity index (χ1n) is 16.2. The number of thioether (sulfide) groups is 1. The fraction of sp³-hybridized carbons (Fsp3) is 0.389. The van der Waals surface area contributed by atoms with E-state index in [9.17, 15) is 18.0 Å². The fourth-order valence-electron chi connectivity index (χ4n) is 5.65. The van der Waals surface area contributed by atoms with E-state index in [0.717, 1.165) is 47.6 Å². The Labute approximate surface area is 288 Å². The monoisotopic (exact) mass is 694 g/mol. The molecule has 2 heterocycles. The van der Waals surface area contributed by atoms with Crippen LogP contribution >= 0.6 is 11.8 Å². The Morgan fingerprint density at radius 3 is 2.45 bits per heavy atom. The third-order valence-corrected chi connectivity index (χ3v) is 9.25. The van der Waals surface area contributed by atoms with Gasteiger partial charge in [0.2, 0.25) is 0 Å². The van der Waals surface area contributed by atoms with Gasteiger partial charge in [0, 0.05) is 30.0 Å². The van der Waals surface area contributed by atoms with Crippen LogP contribution in [0, 0.1) is 5.92 Å². The lowest BCUT2D eigenvalue weighted by atomic mass is 9.97. The molecule has 4 aromatic rings. The van der Waals surface area contributed by atoms with Crippen molar-refractivity contribution in [2.45, 2.75) is 65.3 Å². The molecular formula is C36H41F3N6O3S. The molecule has 2 amide bonds. The number of carbonyl (C=O) groups is 1. The summed E-state index contributed by atoms with van der Waals surface area (Å²) >= 11 is 1.60. The van der Waals surface area contributed by atoms with E-state index in [1.54, 1.807) is 18.9 Å². The van der Waals surface area contributed by atoms with Crippen molar-refractivity contribution in [3.63, 3.8) is 0 Å². The number of halogens is 3. The highest BCUT2D eigenvalue weighted by Crippen LogP contribution is 2.37. The molecule has 2 unspecified atom stereocenters. The molecule has 49 heavy (non-hydrogen) atoms. The summed E-state index contributed by atoms with van der Waals surface area (Å²) in [6, 6.07) is 19.3. The van der Waals surface area contributed by atoms with Crippen molar-refractivity contribution in [2.24, 2.45) is 10.9 Å². The maximum atomic E-state index is 13.0. The zero-order valence-electron chi connectivity index (χ0n) is 28.2. The van der Waals surface area contributed by atoms with E-state index >= 15 is 0 Å². The van der Waals surface area contributed by atoms with Crippen LogP contribution in [0.25, 0.3) is 17.1 Å². The number of aromatic nitrogens is 3. The lowest BCUT2D eigenvalue weighted by Gasteiger charge is -2.37. The van der Waals surface area contributed by atoms with Gasteiger partial charge in [-0.25, -0.2) is 14.5 Å². The molecule has 5 rings (SSSR count). The molecule has 0 radical (unpaired) electrons. The predicted octanol–water partition coefficient (Wildman–Crippen LogP) is 8.63. The Balaban J connectivity index is 1.14. The Bertz CT molecular complexity index is 1740. The molecule has 0 saturated carbocycles. The average molecular weight is 695 g/mol. The van der Waals surface area contributed by atoms with Crippen LogP contribution in [0.4, 0.5) is 23.7 Å². The Morgan fingerprint density at radius 2 is 1.78 bits per heavy atom. The van der Waals surface area contributed by atoms with Crippen LogP contribution in [0.1, 0.15) is 57.6 Å².